The van der Waals surface area contributed by atoms with E-state index >= 15 is 0 Å². The Bertz CT molecular complexity index is 2040. The minimum atomic E-state index is -1.19. The fourth-order valence-electron chi connectivity index (χ4n) is 6.95. The second-order valence-electron chi connectivity index (χ2n) is 12.9. The predicted molar refractivity (Wildman–Crippen MR) is 188 cm³/mol. The maximum atomic E-state index is 13.9. The Balaban J connectivity index is 1.98. The van der Waals surface area contributed by atoms with Gasteiger partial charge < -0.3 is 40.4 Å². The van der Waals surface area contributed by atoms with E-state index in [4.69, 9.17) is 14.7 Å². The van der Waals surface area contributed by atoms with Gasteiger partial charge in [0.05, 0.1) is 55.5 Å². The molecular weight excluding hydrogens is 642 g/mol. The summed E-state index contributed by atoms with van der Waals surface area (Å²) in [6, 6.07) is 5.70. The zero-order valence-electron chi connectivity index (χ0n) is 29.2. The van der Waals surface area contributed by atoms with Crippen molar-refractivity contribution < 1.29 is 39.5 Å². The Labute approximate surface area is 289 Å². The highest BCUT2D eigenvalue weighted by Gasteiger charge is 2.35. The number of aliphatic hydroxyl groups is 3. The number of nitrogens with zero attached hydrogens (tertiary/aromatic N) is 2. The predicted octanol–water partition coefficient (Wildman–Crippen LogP) is 3.85. The number of rotatable bonds is 11. The number of amides is 1. The van der Waals surface area contributed by atoms with E-state index in [1.54, 1.807) is 6.92 Å². The number of ether oxygens (including phenoxy) is 1. The topological polar surface area (TPSA) is 211 Å². The molecule has 0 aliphatic carbocycles. The van der Waals surface area contributed by atoms with Gasteiger partial charge in [0.2, 0.25) is 0 Å². The lowest BCUT2D eigenvalue weighted by molar-refractivity contribution is -0.140. The Hall–Kier alpha value is -4.85. The van der Waals surface area contributed by atoms with E-state index in [1.165, 1.54) is 7.11 Å². The maximum absolute atomic E-state index is 13.9. The second kappa shape index (κ2) is 15.0. The number of methoxy groups -OCH3 is 1. The Morgan fingerprint density at radius 1 is 0.960 bits per heavy atom. The third kappa shape index (κ3) is 6.93. The third-order valence-corrected chi connectivity index (χ3v) is 9.92. The summed E-state index contributed by atoms with van der Waals surface area (Å²) < 4.78 is 5.10. The standard InChI is InChI=1S/C37H45N5O8/c1-7-22-17(2)27-12-31-25(16-44)19(4)26(40-31)11-28-18(3)23(8-9-32(46)47)35(41-28)24(10-33(48)50-6)36-34(37(49)38-14-21(45)15-43)20(5)29(42-36)13-30(22)39-27/h11-13,18,21,23,39-40,43-45H,7-10,14-16H2,1-6H3,(H,38,49)(H,46,47). The van der Waals surface area contributed by atoms with E-state index in [2.05, 4.69) is 15.3 Å². The van der Waals surface area contributed by atoms with Crippen molar-refractivity contribution in [1.29, 1.82) is 0 Å². The molecule has 1 amide bonds. The molecular formula is C37H45N5O8. The number of carboxylic acid groups (broad SMARTS) is 1. The molecule has 3 unspecified atom stereocenters. The number of nitrogens with one attached hydrogen (secondary N) is 3. The van der Waals surface area contributed by atoms with Crippen LogP contribution in [0, 0.1) is 13.8 Å². The van der Waals surface area contributed by atoms with Crippen LogP contribution in [0.15, 0.2) is 18.2 Å². The second-order valence-corrected chi connectivity index (χ2v) is 12.9. The van der Waals surface area contributed by atoms with Crippen LogP contribution < -0.4 is 5.32 Å². The molecule has 0 radical (unpaired) electrons. The van der Waals surface area contributed by atoms with E-state index < -0.39 is 36.5 Å². The summed E-state index contributed by atoms with van der Waals surface area (Å²) >= 11 is 0. The van der Waals surface area contributed by atoms with Crippen molar-refractivity contribution >= 4 is 51.1 Å². The summed E-state index contributed by atoms with van der Waals surface area (Å²) in [6.45, 7) is 8.70. The average molecular weight is 688 g/mol. The van der Waals surface area contributed by atoms with Crippen LogP contribution in [0.3, 0.4) is 0 Å². The van der Waals surface area contributed by atoms with Gasteiger partial charge in [-0.2, -0.15) is 0 Å². The van der Waals surface area contributed by atoms with Gasteiger partial charge >= 0.3 is 11.9 Å². The molecule has 3 aromatic rings. The van der Waals surface area contributed by atoms with Crippen molar-refractivity contribution in [1.82, 2.24) is 25.3 Å². The molecule has 0 fully saturated rings. The van der Waals surface area contributed by atoms with Crippen LogP contribution in [0.5, 0.6) is 0 Å². The minimum absolute atomic E-state index is 0.158. The van der Waals surface area contributed by atoms with Gasteiger partial charge in [-0.05, 0) is 74.1 Å². The smallest absolute Gasteiger partial charge is 0.310 e. The van der Waals surface area contributed by atoms with Crippen LogP contribution in [0.25, 0.3) is 33.2 Å². The number of allylic oxidation sites excluding steroid dienone is 1. The summed E-state index contributed by atoms with van der Waals surface area (Å²) in [5.74, 6) is -2.90. The number of hydrogen-bond acceptors (Lipinski definition) is 9. The number of aliphatic carboxylic acids is 1. The van der Waals surface area contributed by atoms with E-state index in [9.17, 15) is 34.8 Å². The largest absolute Gasteiger partial charge is 0.481 e. The summed E-state index contributed by atoms with van der Waals surface area (Å²) in [5, 5.41) is 42.2. The van der Waals surface area contributed by atoms with Gasteiger partial charge in [-0.25, -0.2) is 4.98 Å². The summed E-state index contributed by atoms with van der Waals surface area (Å²) in [6.07, 6.45) is -0.751. The molecule has 7 N–H and O–H groups in total. The summed E-state index contributed by atoms with van der Waals surface area (Å²) in [4.78, 5) is 55.8. The van der Waals surface area contributed by atoms with Crippen LogP contribution in [0.4, 0.5) is 0 Å². The first kappa shape index (κ1) is 36.4. The first-order chi connectivity index (χ1) is 23.8. The molecule has 5 heterocycles. The lowest BCUT2D eigenvalue weighted by atomic mass is 9.84. The fourth-order valence-corrected chi connectivity index (χ4v) is 6.95. The first-order valence-corrected chi connectivity index (χ1v) is 16.8. The number of aromatic nitrogens is 4. The fraction of sp³-hybridized carbons (Fsp3) is 0.432. The van der Waals surface area contributed by atoms with Gasteiger partial charge in [-0.1, -0.05) is 13.8 Å². The molecule has 2 aliphatic rings. The van der Waals surface area contributed by atoms with Crippen molar-refractivity contribution in [3.8, 4) is 0 Å². The number of H-pyrrole nitrogens is 2. The van der Waals surface area contributed by atoms with Crippen molar-refractivity contribution in [2.45, 2.75) is 84.8 Å². The molecule has 2 aliphatic heterocycles. The van der Waals surface area contributed by atoms with E-state index in [0.29, 0.717) is 34.6 Å². The monoisotopic (exact) mass is 687 g/mol. The Kier molecular flexibility index (Phi) is 10.9. The lowest BCUT2D eigenvalue weighted by Crippen LogP contribution is -2.34. The highest BCUT2D eigenvalue weighted by molar-refractivity contribution is 6.27. The number of fused-ring (bicyclic) bond motifs is 8. The number of hydrogen-bond donors (Lipinski definition) is 7. The molecule has 5 rings (SSSR count). The third-order valence-electron chi connectivity index (χ3n) is 9.92. The van der Waals surface area contributed by atoms with Gasteiger partial charge in [0.1, 0.15) is 0 Å². The van der Waals surface area contributed by atoms with Crippen molar-refractivity contribution in [3.05, 3.63) is 68.8 Å². The molecule has 0 aromatic carbocycles. The molecule has 13 heteroatoms. The van der Waals surface area contributed by atoms with Crippen molar-refractivity contribution in [2.24, 2.45) is 0 Å². The van der Waals surface area contributed by atoms with Crippen molar-refractivity contribution in [2.75, 3.05) is 20.3 Å². The van der Waals surface area contributed by atoms with Crippen LogP contribution in [0.1, 0.15) is 96.0 Å². The molecule has 0 saturated heterocycles. The molecule has 266 valence electrons. The maximum Gasteiger partial charge on any atom is 0.310 e. The van der Waals surface area contributed by atoms with Crippen LogP contribution in [-0.4, -0.2) is 84.6 Å². The highest BCUT2D eigenvalue weighted by atomic mass is 16.5. The number of carboxylic acids is 1. The summed E-state index contributed by atoms with van der Waals surface area (Å²) in [5.41, 5.74) is 9.39. The Morgan fingerprint density at radius 2 is 1.62 bits per heavy atom. The molecule has 13 nitrogen and oxygen atoms in total. The molecule has 0 spiro atoms. The van der Waals surface area contributed by atoms with E-state index in [-0.39, 0.29) is 49.6 Å². The van der Waals surface area contributed by atoms with Crippen LogP contribution in [0.2, 0.25) is 0 Å². The number of carbonyl (C=O) groups excluding carboxylic acids is 2. The first-order valence-electron chi connectivity index (χ1n) is 16.8. The molecule has 3 aromatic heterocycles. The van der Waals surface area contributed by atoms with Gasteiger partial charge in [0.25, 0.3) is 5.91 Å². The van der Waals surface area contributed by atoms with Gasteiger partial charge in [-0.15, -0.1) is 0 Å². The van der Waals surface area contributed by atoms with Crippen molar-refractivity contribution in [3.63, 3.8) is 0 Å². The Morgan fingerprint density at radius 3 is 2.24 bits per heavy atom. The SMILES string of the molecule is CCc1c(C)c2cc3[nH]c(cc4nc(c(CC(=O)OC)c5nc(cc1[nH]2)C(C)=C5C(=O)NCC(O)CO)C(CCC(=O)O)C4C)c(C)c3CO. The van der Waals surface area contributed by atoms with Gasteiger partial charge in [0.15, 0.2) is 0 Å². The minimum Gasteiger partial charge on any atom is -0.481 e. The number of esters is 1. The van der Waals surface area contributed by atoms with Crippen LogP contribution in [-0.2, 0) is 38.6 Å². The number of carbonyl (C=O) groups is 3. The molecule has 3 atom stereocenters. The van der Waals surface area contributed by atoms with Gasteiger partial charge in [-0.3, -0.25) is 19.4 Å². The highest BCUT2D eigenvalue weighted by Crippen LogP contribution is 2.43. The van der Waals surface area contributed by atoms with Crippen LogP contribution >= 0.6 is 0 Å². The zero-order chi connectivity index (χ0) is 36.4. The summed E-state index contributed by atoms with van der Waals surface area (Å²) in [7, 11) is 1.26. The molecule has 0 saturated carbocycles. The quantitative estimate of drug-likeness (QED) is 0.145. The number of aromatic amines is 2. The zero-order valence-corrected chi connectivity index (χ0v) is 29.2. The lowest BCUT2D eigenvalue weighted by Gasteiger charge is -2.18. The van der Waals surface area contributed by atoms with E-state index in [1.807, 2.05) is 45.9 Å². The number of aryl methyl sites for hydroxylation is 3. The number of aliphatic hydroxyl groups excluding tert-OH is 3. The average Bonchev–Trinajstić information content (AvgIpc) is 3.77. The molecule has 50 heavy (non-hydrogen) atoms. The normalized spacial score (nSPS) is 16.4. The molecule has 8 bridgehead atoms. The van der Waals surface area contributed by atoms with Gasteiger partial charge in [0, 0.05) is 63.7 Å². The van der Waals surface area contributed by atoms with E-state index in [0.717, 1.165) is 44.3 Å².